The maximum atomic E-state index is 11.6. The van der Waals surface area contributed by atoms with Gasteiger partial charge in [-0.1, -0.05) is 39.0 Å². The van der Waals surface area contributed by atoms with Crippen LogP contribution >= 0.6 is 0 Å². The van der Waals surface area contributed by atoms with Gasteiger partial charge in [-0.25, -0.2) is 0 Å². The highest BCUT2D eigenvalue weighted by atomic mass is 16.4. The maximum Gasteiger partial charge on any atom is 0.307 e. The summed E-state index contributed by atoms with van der Waals surface area (Å²) in [7, 11) is 0. The van der Waals surface area contributed by atoms with E-state index in [0.29, 0.717) is 12.1 Å². The normalized spacial score (nSPS) is 13.1. The fourth-order valence-electron chi connectivity index (χ4n) is 2.82. The Labute approximate surface area is 145 Å². The lowest BCUT2D eigenvalue weighted by Crippen LogP contribution is -2.30. The monoisotopic (exact) mass is 339 g/mol. The molecule has 130 valence electrons. The zero-order valence-electron chi connectivity index (χ0n) is 14.5. The molecule has 0 saturated heterocycles. The molecule has 1 unspecified atom stereocenters. The number of rotatable bonds is 4. The fourth-order valence-corrected chi connectivity index (χ4v) is 2.82. The molecule has 0 saturated carbocycles. The Bertz CT molecular complexity index is 892. The largest absolute Gasteiger partial charge is 0.506 e. The standard InChI is InChI=1S/C19H21N3O3/c1-19(2,3)13(18(24)25)10-12-8-9-17(23)16(11-12)22-20-14-6-4-5-7-15(14)21-22/h4-9,11,13,23H,10H2,1-3H3,(H,24,25). The van der Waals surface area contributed by atoms with E-state index in [1.165, 1.54) is 4.80 Å². The first-order valence-corrected chi connectivity index (χ1v) is 8.13. The van der Waals surface area contributed by atoms with E-state index in [0.717, 1.165) is 16.6 Å². The van der Waals surface area contributed by atoms with Crippen molar-refractivity contribution in [3.05, 3.63) is 48.0 Å². The summed E-state index contributed by atoms with van der Waals surface area (Å²) in [4.78, 5) is 13.0. The lowest BCUT2D eigenvalue weighted by Gasteiger charge is -2.27. The number of nitrogens with zero attached hydrogens (tertiary/aromatic N) is 3. The third kappa shape index (κ3) is 3.47. The number of aliphatic carboxylic acids is 1. The second-order valence-electron chi connectivity index (χ2n) is 7.26. The quantitative estimate of drug-likeness (QED) is 0.760. The minimum absolute atomic E-state index is 0.0479. The average molecular weight is 339 g/mol. The second-order valence-corrected chi connectivity index (χ2v) is 7.26. The van der Waals surface area contributed by atoms with Crippen LogP contribution in [0.15, 0.2) is 42.5 Å². The molecule has 0 aliphatic rings. The molecule has 2 aromatic carbocycles. The van der Waals surface area contributed by atoms with Crippen LogP contribution in [-0.2, 0) is 11.2 Å². The van der Waals surface area contributed by atoms with E-state index in [2.05, 4.69) is 10.2 Å². The van der Waals surface area contributed by atoms with Crippen molar-refractivity contribution in [3.63, 3.8) is 0 Å². The molecule has 3 aromatic rings. The van der Waals surface area contributed by atoms with Crippen molar-refractivity contribution in [2.45, 2.75) is 27.2 Å². The van der Waals surface area contributed by atoms with Gasteiger partial charge in [0.1, 0.15) is 22.5 Å². The summed E-state index contributed by atoms with van der Waals surface area (Å²) in [6.45, 7) is 5.73. The number of carbonyl (C=O) groups is 1. The van der Waals surface area contributed by atoms with Crippen molar-refractivity contribution in [3.8, 4) is 11.4 Å². The molecule has 0 aliphatic carbocycles. The Morgan fingerprint density at radius 1 is 1.12 bits per heavy atom. The molecule has 0 radical (unpaired) electrons. The van der Waals surface area contributed by atoms with Crippen LogP contribution in [0.25, 0.3) is 16.7 Å². The van der Waals surface area contributed by atoms with Gasteiger partial charge in [0.25, 0.3) is 0 Å². The molecule has 1 aromatic heterocycles. The van der Waals surface area contributed by atoms with E-state index < -0.39 is 11.9 Å². The first-order valence-electron chi connectivity index (χ1n) is 8.13. The predicted octanol–water partition coefficient (Wildman–Crippen LogP) is 3.42. The van der Waals surface area contributed by atoms with Crippen molar-refractivity contribution >= 4 is 17.0 Å². The van der Waals surface area contributed by atoms with Crippen LogP contribution in [0.4, 0.5) is 0 Å². The molecule has 1 atom stereocenters. The number of aromatic nitrogens is 3. The average Bonchev–Trinajstić information content (AvgIpc) is 2.96. The second kappa shape index (κ2) is 6.20. The Hall–Kier alpha value is -2.89. The maximum absolute atomic E-state index is 11.6. The zero-order chi connectivity index (χ0) is 18.2. The Kier molecular flexibility index (Phi) is 4.20. The molecular formula is C19H21N3O3. The molecule has 1 heterocycles. The van der Waals surface area contributed by atoms with Gasteiger partial charge in [-0.15, -0.1) is 15.0 Å². The van der Waals surface area contributed by atoms with Gasteiger partial charge in [0.2, 0.25) is 0 Å². The summed E-state index contributed by atoms with van der Waals surface area (Å²) in [5.74, 6) is -1.31. The molecule has 0 bridgehead atoms. The molecule has 0 aliphatic heterocycles. The number of phenolic OH excluding ortho intramolecular Hbond substituents is 1. The smallest absolute Gasteiger partial charge is 0.307 e. The van der Waals surface area contributed by atoms with Gasteiger partial charge >= 0.3 is 5.97 Å². The Balaban J connectivity index is 1.99. The third-order valence-electron chi connectivity index (χ3n) is 4.33. The van der Waals surface area contributed by atoms with E-state index in [9.17, 15) is 15.0 Å². The van der Waals surface area contributed by atoms with Gasteiger partial charge in [-0.05, 0) is 41.7 Å². The number of hydrogen-bond donors (Lipinski definition) is 2. The van der Waals surface area contributed by atoms with Gasteiger partial charge in [-0.3, -0.25) is 4.79 Å². The molecule has 25 heavy (non-hydrogen) atoms. The Morgan fingerprint density at radius 3 is 2.24 bits per heavy atom. The molecule has 6 nitrogen and oxygen atoms in total. The van der Waals surface area contributed by atoms with Crippen LogP contribution in [0, 0.1) is 11.3 Å². The number of benzene rings is 2. The van der Waals surface area contributed by atoms with Crippen LogP contribution in [-0.4, -0.2) is 31.2 Å². The summed E-state index contributed by atoms with van der Waals surface area (Å²) >= 11 is 0. The summed E-state index contributed by atoms with van der Waals surface area (Å²) < 4.78 is 0. The highest BCUT2D eigenvalue weighted by Crippen LogP contribution is 2.31. The number of hydrogen-bond acceptors (Lipinski definition) is 4. The lowest BCUT2D eigenvalue weighted by molar-refractivity contribution is -0.145. The van der Waals surface area contributed by atoms with Crippen LogP contribution < -0.4 is 0 Å². The molecule has 2 N–H and O–H groups in total. The van der Waals surface area contributed by atoms with Crippen molar-refractivity contribution in [2.24, 2.45) is 11.3 Å². The first-order chi connectivity index (χ1) is 11.8. The first kappa shape index (κ1) is 17.0. The van der Waals surface area contributed by atoms with Crippen molar-refractivity contribution < 1.29 is 15.0 Å². The molecule has 3 rings (SSSR count). The van der Waals surface area contributed by atoms with E-state index in [1.807, 2.05) is 45.0 Å². The third-order valence-corrected chi connectivity index (χ3v) is 4.33. The van der Waals surface area contributed by atoms with E-state index in [1.54, 1.807) is 18.2 Å². The van der Waals surface area contributed by atoms with Crippen molar-refractivity contribution in [2.75, 3.05) is 0 Å². The summed E-state index contributed by atoms with van der Waals surface area (Å²) in [6.07, 6.45) is 0.368. The number of carboxylic acids is 1. The topological polar surface area (TPSA) is 88.2 Å². The number of phenols is 1. The van der Waals surface area contributed by atoms with E-state index in [4.69, 9.17) is 0 Å². The van der Waals surface area contributed by atoms with Gasteiger partial charge in [0.15, 0.2) is 0 Å². The van der Waals surface area contributed by atoms with Crippen LogP contribution in [0.2, 0.25) is 0 Å². The summed E-state index contributed by atoms with van der Waals surface area (Å²) in [5.41, 5.74) is 2.33. The predicted molar refractivity (Wildman–Crippen MR) is 94.8 cm³/mol. The van der Waals surface area contributed by atoms with E-state index in [-0.39, 0.29) is 11.2 Å². The van der Waals surface area contributed by atoms with E-state index >= 15 is 0 Å². The van der Waals surface area contributed by atoms with Gasteiger partial charge in [0, 0.05) is 0 Å². The zero-order valence-corrected chi connectivity index (χ0v) is 14.5. The minimum Gasteiger partial charge on any atom is -0.506 e. The van der Waals surface area contributed by atoms with Gasteiger partial charge in [-0.2, -0.15) is 0 Å². The van der Waals surface area contributed by atoms with Crippen molar-refractivity contribution in [1.82, 2.24) is 15.0 Å². The van der Waals surface area contributed by atoms with Crippen molar-refractivity contribution in [1.29, 1.82) is 0 Å². The van der Waals surface area contributed by atoms with Crippen LogP contribution in [0.1, 0.15) is 26.3 Å². The Morgan fingerprint density at radius 2 is 1.72 bits per heavy atom. The lowest BCUT2D eigenvalue weighted by atomic mass is 9.77. The highest BCUT2D eigenvalue weighted by Gasteiger charge is 2.31. The van der Waals surface area contributed by atoms with Crippen LogP contribution in [0.5, 0.6) is 5.75 Å². The summed E-state index contributed by atoms with van der Waals surface area (Å²) in [6, 6.07) is 12.5. The molecular weight excluding hydrogens is 318 g/mol. The molecule has 0 spiro atoms. The summed E-state index contributed by atoms with van der Waals surface area (Å²) in [5, 5.41) is 28.5. The fraction of sp³-hybridized carbons (Fsp3) is 0.316. The molecule has 6 heteroatoms. The SMILES string of the molecule is CC(C)(C)C(Cc1ccc(O)c(-n2nc3ccccc3n2)c1)C(=O)O. The molecule has 0 amide bonds. The number of carboxylic acid groups (broad SMARTS) is 1. The van der Waals surface area contributed by atoms with Crippen LogP contribution in [0.3, 0.4) is 0 Å². The number of fused-ring (bicyclic) bond motifs is 1. The number of aromatic hydroxyl groups is 1. The van der Waals surface area contributed by atoms with Gasteiger partial charge in [0.05, 0.1) is 5.92 Å². The molecule has 0 fully saturated rings. The van der Waals surface area contributed by atoms with Gasteiger partial charge < -0.3 is 10.2 Å². The highest BCUT2D eigenvalue weighted by molar-refractivity contribution is 5.74. The minimum atomic E-state index is -0.829.